The maximum Gasteiger partial charge on any atom is 0.0483 e. The molecular formula is C39H37N3. The highest BCUT2D eigenvalue weighted by atomic mass is 15.2. The van der Waals surface area contributed by atoms with E-state index in [4.69, 9.17) is 0 Å². The Kier molecular flexibility index (Phi) is 8.19. The highest BCUT2D eigenvalue weighted by Gasteiger charge is 2.18. The third-order valence-electron chi connectivity index (χ3n) is 7.68. The van der Waals surface area contributed by atoms with Crippen LogP contribution in [0.25, 0.3) is 0 Å². The first kappa shape index (κ1) is 27.2. The Morgan fingerprint density at radius 3 is 1.83 bits per heavy atom. The number of para-hydroxylation sites is 2. The fourth-order valence-corrected chi connectivity index (χ4v) is 5.53. The van der Waals surface area contributed by atoms with Gasteiger partial charge >= 0.3 is 0 Å². The molecule has 5 aromatic rings. The molecule has 42 heavy (non-hydrogen) atoms. The van der Waals surface area contributed by atoms with Crippen LogP contribution in [-0.4, -0.2) is 6.04 Å². The van der Waals surface area contributed by atoms with Crippen LogP contribution in [0.4, 0.5) is 34.1 Å². The third kappa shape index (κ3) is 6.16. The van der Waals surface area contributed by atoms with Gasteiger partial charge in [0.2, 0.25) is 0 Å². The summed E-state index contributed by atoms with van der Waals surface area (Å²) < 4.78 is 0. The van der Waals surface area contributed by atoms with Gasteiger partial charge in [-0.3, -0.25) is 0 Å². The molecule has 0 aromatic heterocycles. The number of nitrogens with zero attached hydrogens (tertiary/aromatic N) is 2. The van der Waals surface area contributed by atoms with E-state index in [1.165, 1.54) is 28.2 Å². The molecule has 0 fully saturated rings. The van der Waals surface area contributed by atoms with Crippen molar-refractivity contribution in [3.8, 4) is 0 Å². The van der Waals surface area contributed by atoms with Gasteiger partial charge in [-0.05, 0) is 110 Å². The molecule has 1 unspecified atom stereocenters. The summed E-state index contributed by atoms with van der Waals surface area (Å²) in [6.07, 6.45) is 8.77. The van der Waals surface area contributed by atoms with Crippen LogP contribution < -0.4 is 15.1 Å². The predicted molar refractivity (Wildman–Crippen MR) is 180 cm³/mol. The summed E-state index contributed by atoms with van der Waals surface area (Å²) in [6.45, 7) is 4.34. The van der Waals surface area contributed by atoms with E-state index in [0.29, 0.717) is 0 Å². The molecular weight excluding hydrogens is 510 g/mol. The van der Waals surface area contributed by atoms with Crippen molar-refractivity contribution in [1.82, 2.24) is 0 Å². The lowest BCUT2D eigenvalue weighted by atomic mass is 10.0. The van der Waals surface area contributed by atoms with E-state index >= 15 is 0 Å². The zero-order chi connectivity index (χ0) is 28.7. The van der Waals surface area contributed by atoms with Gasteiger partial charge in [0.15, 0.2) is 0 Å². The van der Waals surface area contributed by atoms with E-state index in [2.05, 4.69) is 181 Å². The number of hydrogen-bond acceptors (Lipinski definition) is 3. The smallest absolute Gasteiger partial charge is 0.0483 e. The summed E-state index contributed by atoms with van der Waals surface area (Å²) in [5, 5.41) is 3.72. The standard InChI is InChI=1S/C39H37N3/c1-3-31-13-11-19-39(29-31)42(35-16-8-5-9-17-35)37-26-22-33(23-27-37)40-32-20-24-36(25-21-32)41(34-14-6-4-7-15-34)38-18-10-12-30(2)28-38/h4-20,22-29,32,40H,3,21H2,1-2H3. The van der Waals surface area contributed by atoms with Gasteiger partial charge in [0.25, 0.3) is 0 Å². The Labute approximate surface area is 250 Å². The fourth-order valence-electron chi connectivity index (χ4n) is 5.53. The first-order valence-corrected chi connectivity index (χ1v) is 14.8. The lowest BCUT2D eigenvalue weighted by Crippen LogP contribution is -2.22. The van der Waals surface area contributed by atoms with E-state index in [0.717, 1.165) is 35.6 Å². The molecule has 1 atom stereocenters. The third-order valence-corrected chi connectivity index (χ3v) is 7.68. The molecule has 0 amide bonds. The van der Waals surface area contributed by atoms with Gasteiger partial charge in [-0.2, -0.15) is 0 Å². The van der Waals surface area contributed by atoms with E-state index < -0.39 is 0 Å². The number of allylic oxidation sites excluding steroid dienone is 1. The second-order valence-electron chi connectivity index (χ2n) is 10.7. The molecule has 0 aliphatic heterocycles. The van der Waals surface area contributed by atoms with E-state index in [9.17, 15) is 0 Å². The van der Waals surface area contributed by atoms with Crippen LogP contribution in [-0.2, 0) is 6.42 Å². The van der Waals surface area contributed by atoms with Crippen molar-refractivity contribution in [2.24, 2.45) is 0 Å². The normalized spacial score (nSPS) is 14.2. The van der Waals surface area contributed by atoms with Gasteiger partial charge in [0.05, 0.1) is 0 Å². The minimum atomic E-state index is 0.223. The molecule has 0 bridgehead atoms. The number of rotatable bonds is 9. The van der Waals surface area contributed by atoms with E-state index in [1.807, 2.05) is 0 Å². The van der Waals surface area contributed by atoms with Gasteiger partial charge in [-0.25, -0.2) is 0 Å². The zero-order valence-corrected chi connectivity index (χ0v) is 24.3. The van der Waals surface area contributed by atoms with Gasteiger partial charge < -0.3 is 15.1 Å². The highest BCUT2D eigenvalue weighted by Crippen LogP contribution is 2.36. The lowest BCUT2D eigenvalue weighted by molar-refractivity contribution is 0.868. The van der Waals surface area contributed by atoms with Gasteiger partial charge in [-0.1, -0.05) is 79.7 Å². The molecule has 208 valence electrons. The van der Waals surface area contributed by atoms with Crippen molar-refractivity contribution in [3.05, 3.63) is 169 Å². The van der Waals surface area contributed by atoms with Crippen LogP contribution in [0, 0.1) is 6.92 Å². The highest BCUT2D eigenvalue weighted by molar-refractivity contribution is 5.77. The SMILES string of the molecule is CCc1cccc(N(c2ccccc2)c2ccc(NC3C=CC(N(c4ccccc4)c4cccc(C)c4)=CC3)cc2)c1. The Hall–Kier alpha value is -5.02. The molecule has 1 aliphatic rings. The minimum absolute atomic E-state index is 0.223. The molecule has 6 rings (SSSR count). The maximum absolute atomic E-state index is 3.72. The average Bonchev–Trinajstić information content (AvgIpc) is 3.04. The van der Waals surface area contributed by atoms with E-state index in [1.54, 1.807) is 0 Å². The number of anilines is 6. The number of nitrogens with one attached hydrogen (secondary N) is 1. The molecule has 0 saturated heterocycles. The van der Waals surface area contributed by atoms with Crippen LogP contribution >= 0.6 is 0 Å². The van der Waals surface area contributed by atoms with Crippen LogP contribution in [0.3, 0.4) is 0 Å². The quantitative estimate of drug-likeness (QED) is 0.198. The Bertz CT molecular complexity index is 1670. The second kappa shape index (κ2) is 12.7. The van der Waals surface area contributed by atoms with Crippen molar-refractivity contribution < 1.29 is 0 Å². The van der Waals surface area contributed by atoms with Crippen LogP contribution in [0.15, 0.2) is 157 Å². The fraction of sp³-hybridized carbons (Fsp3) is 0.128. The molecule has 0 saturated carbocycles. The predicted octanol–water partition coefficient (Wildman–Crippen LogP) is 10.5. The molecule has 0 heterocycles. The molecule has 1 N–H and O–H groups in total. The second-order valence-corrected chi connectivity index (χ2v) is 10.7. The molecule has 0 radical (unpaired) electrons. The molecule has 1 aliphatic carbocycles. The topological polar surface area (TPSA) is 18.5 Å². The molecule has 3 nitrogen and oxygen atoms in total. The van der Waals surface area contributed by atoms with Crippen molar-refractivity contribution in [2.45, 2.75) is 32.7 Å². The Morgan fingerprint density at radius 2 is 1.21 bits per heavy atom. The van der Waals surface area contributed by atoms with Gasteiger partial charge in [0, 0.05) is 45.9 Å². The van der Waals surface area contributed by atoms with E-state index in [-0.39, 0.29) is 6.04 Å². The summed E-state index contributed by atoms with van der Waals surface area (Å²) in [6, 6.07) is 47.7. The largest absolute Gasteiger partial charge is 0.379 e. The lowest BCUT2D eigenvalue weighted by Gasteiger charge is -2.29. The first-order chi connectivity index (χ1) is 20.7. The van der Waals surface area contributed by atoms with Crippen molar-refractivity contribution in [3.63, 3.8) is 0 Å². The van der Waals surface area contributed by atoms with Crippen molar-refractivity contribution in [1.29, 1.82) is 0 Å². The first-order valence-electron chi connectivity index (χ1n) is 14.8. The molecule has 3 heteroatoms. The Balaban J connectivity index is 1.20. The van der Waals surface area contributed by atoms with Crippen molar-refractivity contribution >= 4 is 34.1 Å². The summed E-state index contributed by atoms with van der Waals surface area (Å²) in [5.74, 6) is 0. The molecule has 5 aromatic carbocycles. The zero-order valence-electron chi connectivity index (χ0n) is 24.3. The number of aryl methyl sites for hydroxylation is 2. The average molecular weight is 548 g/mol. The minimum Gasteiger partial charge on any atom is -0.379 e. The van der Waals surface area contributed by atoms with Crippen LogP contribution in [0.1, 0.15) is 24.5 Å². The maximum atomic E-state index is 3.72. The summed E-state index contributed by atoms with van der Waals surface area (Å²) in [5.41, 5.74) is 10.7. The monoisotopic (exact) mass is 547 g/mol. The number of hydrogen-bond donors (Lipinski definition) is 1. The summed E-state index contributed by atoms with van der Waals surface area (Å²) >= 11 is 0. The number of benzene rings is 5. The van der Waals surface area contributed by atoms with Crippen LogP contribution in [0.5, 0.6) is 0 Å². The van der Waals surface area contributed by atoms with Crippen LogP contribution in [0.2, 0.25) is 0 Å². The van der Waals surface area contributed by atoms with Gasteiger partial charge in [-0.15, -0.1) is 0 Å². The van der Waals surface area contributed by atoms with Crippen molar-refractivity contribution in [2.75, 3.05) is 15.1 Å². The van der Waals surface area contributed by atoms with Gasteiger partial charge in [0.1, 0.15) is 0 Å². The molecule has 0 spiro atoms. The summed E-state index contributed by atoms with van der Waals surface area (Å²) in [4.78, 5) is 4.65. The Morgan fingerprint density at radius 1 is 0.619 bits per heavy atom. The summed E-state index contributed by atoms with van der Waals surface area (Å²) in [7, 11) is 0.